The molecule has 0 aliphatic rings. The first kappa shape index (κ1) is 16.7. The average molecular weight is 291 g/mol. The number of unbranched alkanes of at least 4 members (excludes halogenated alkanes) is 1. The molecule has 3 amide bonds. The Hall–Kier alpha value is -2.37. The van der Waals surface area contributed by atoms with Crippen molar-refractivity contribution in [1.82, 2.24) is 4.90 Å². The molecule has 21 heavy (non-hydrogen) atoms. The van der Waals surface area contributed by atoms with Gasteiger partial charge in [0, 0.05) is 31.9 Å². The number of rotatable bonds is 5. The number of hydrogen-bond donors (Lipinski definition) is 2. The Morgan fingerprint density at radius 2 is 1.76 bits per heavy atom. The van der Waals surface area contributed by atoms with Gasteiger partial charge in [-0.15, -0.1) is 0 Å². The van der Waals surface area contributed by atoms with Gasteiger partial charge in [-0.2, -0.15) is 0 Å². The monoisotopic (exact) mass is 291 g/mol. The van der Waals surface area contributed by atoms with E-state index in [0.717, 1.165) is 12.8 Å². The van der Waals surface area contributed by atoms with Gasteiger partial charge in [-0.3, -0.25) is 14.4 Å². The molecule has 0 aliphatic heterocycles. The van der Waals surface area contributed by atoms with E-state index in [1.807, 2.05) is 6.92 Å². The summed E-state index contributed by atoms with van der Waals surface area (Å²) in [6.45, 7) is 3.97. The fraction of sp³-hybridized carbons (Fsp3) is 0.400. The highest BCUT2D eigenvalue weighted by Crippen LogP contribution is 2.15. The molecule has 0 aromatic heterocycles. The number of carbonyl (C=O) groups excluding carboxylic acids is 3. The summed E-state index contributed by atoms with van der Waals surface area (Å²) in [5.74, 6) is -1.46. The summed E-state index contributed by atoms with van der Waals surface area (Å²) in [5.41, 5.74) is 1.02. The molecule has 0 fully saturated rings. The van der Waals surface area contributed by atoms with Crippen LogP contribution in [0.2, 0.25) is 0 Å². The number of nitrogens with zero attached hydrogens (tertiary/aromatic N) is 1. The van der Waals surface area contributed by atoms with Crippen LogP contribution in [0.3, 0.4) is 0 Å². The average Bonchev–Trinajstić information content (AvgIpc) is 2.43. The highest BCUT2D eigenvalue weighted by atomic mass is 16.2. The second-order valence-electron chi connectivity index (χ2n) is 4.80. The highest BCUT2D eigenvalue weighted by Gasteiger charge is 2.18. The number of anilines is 2. The molecule has 0 atom stereocenters. The molecule has 114 valence electrons. The fourth-order valence-electron chi connectivity index (χ4n) is 1.73. The van der Waals surface area contributed by atoms with Gasteiger partial charge in [0.2, 0.25) is 5.91 Å². The quantitative estimate of drug-likeness (QED) is 0.813. The molecule has 0 saturated carbocycles. The molecule has 0 radical (unpaired) electrons. The van der Waals surface area contributed by atoms with Crippen LogP contribution in [0.1, 0.15) is 26.7 Å². The van der Waals surface area contributed by atoms with Gasteiger partial charge in [0.1, 0.15) is 0 Å². The molecule has 6 heteroatoms. The first-order chi connectivity index (χ1) is 9.93. The summed E-state index contributed by atoms with van der Waals surface area (Å²) in [5, 5.41) is 5.14. The molecule has 0 unspecified atom stereocenters. The Balaban J connectivity index is 2.65. The van der Waals surface area contributed by atoms with Crippen molar-refractivity contribution in [3.8, 4) is 0 Å². The zero-order chi connectivity index (χ0) is 15.8. The topological polar surface area (TPSA) is 78.5 Å². The van der Waals surface area contributed by atoms with Crippen LogP contribution >= 0.6 is 0 Å². The Morgan fingerprint density at radius 3 is 2.33 bits per heavy atom. The van der Waals surface area contributed by atoms with Crippen molar-refractivity contribution in [2.45, 2.75) is 26.7 Å². The molecule has 0 saturated heterocycles. The van der Waals surface area contributed by atoms with E-state index in [2.05, 4.69) is 10.6 Å². The number of nitrogens with one attached hydrogen (secondary N) is 2. The predicted octanol–water partition coefficient (Wildman–Crippen LogP) is 1.84. The van der Waals surface area contributed by atoms with E-state index in [1.54, 1.807) is 31.3 Å². The van der Waals surface area contributed by atoms with Crippen LogP contribution in [0, 0.1) is 0 Å². The molecule has 1 aromatic rings. The van der Waals surface area contributed by atoms with Crippen molar-refractivity contribution in [3.05, 3.63) is 24.3 Å². The lowest BCUT2D eigenvalue weighted by molar-refractivity contribution is -0.142. The Labute approximate surface area is 124 Å². The SMILES string of the molecule is CCCCN(C)C(=O)C(=O)Nc1cccc(NC(C)=O)c1. The van der Waals surface area contributed by atoms with E-state index in [-0.39, 0.29) is 5.91 Å². The van der Waals surface area contributed by atoms with E-state index >= 15 is 0 Å². The molecule has 2 N–H and O–H groups in total. The standard InChI is InChI=1S/C15H21N3O3/c1-4-5-9-18(3)15(21)14(20)17-13-8-6-7-12(10-13)16-11(2)19/h6-8,10H,4-5,9H2,1-3H3,(H,16,19)(H,17,20). The van der Waals surface area contributed by atoms with Crippen LogP contribution in [0.25, 0.3) is 0 Å². The molecule has 0 bridgehead atoms. The molecule has 6 nitrogen and oxygen atoms in total. The maximum Gasteiger partial charge on any atom is 0.313 e. The number of amides is 3. The first-order valence-corrected chi connectivity index (χ1v) is 6.88. The normalized spacial score (nSPS) is 9.86. The van der Waals surface area contributed by atoms with Crippen molar-refractivity contribution >= 4 is 29.1 Å². The minimum atomic E-state index is -0.687. The maximum absolute atomic E-state index is 11.9. The molecule has 0 spiro atoms. The van der Waals surface area contributed by atoms with Gasteiger partial charge < -0.3 is 15.5 Å². The van der Waals surface area contributed by atoms with Crippen molar-refractivity contribution in [3.63, 3.8) is 0 Å². The Morgan fingerprint density at radius 1 is 1.14 bits per heavy atom. The lowest BCUT2D eigenvalue weighted by Gasteiger charge is -2.16. The van der Waals surface area contributed by atoms with Crippen molar-refractivity contribution in [2.24, 2.45) is 0 Å². The maximum atomic E-state index is 11.9. The van der Waals surface area contributed by atoms with Gasteiger partial charge in [0.05, 0.1) is 0 Å². The molecular weight excluding hydrogens is 270 g/mol. The van der Waals surface area contributed by atoms with Gasteiger partial charge in [0.25, 0.3) is 0 Å². The predicted molar refractivity (Wildman–Crippen MR) is 81.9 cm³/mol. The smallest absolute Gasteiger partial charge is 0.313 e. The van der Waals surface area contributed by atoms with Crippen molar-refractivity contribution in [1.29, 1.82) is 0 Å². The first-order valence-electron chi connectivity index (χ1n) is 6.88. The number of benzene rings is 1. The second-order valence-corrected chi connectivity index (χ2v) is 4.80. The minimum Gasteiger partial charge on any atom is -0.338 e. The lowest BCUT2D eigenvalue weighted by atomic mass is 10.2. The van der Waals surface area contributed by atoms with Gasteiger partial charge >= 0.3 is 11.8 Å². The summed E-state index contributed by atoms with van der Waals surface area (Å²) < 4.78 is 0. The van der Waals surface area contributed by atoms with E-state index in [4.69, 9.17) is 0 Å². The summed E-state index contributed by atoms with van der Waals surface area (Å²) in [6, 6.07) is 6.64. The number of likely N-dealkylation sites (N-methyl/N-ethyl adjacent to an activating group) is 1. The van der Waals surface area contributed by atoms with Crippen LogP contribution in [0.15, 0.2) is 24.3 Å². The number of carbonyl (C=O) groups is 3. The van der Waals surface area contributed by atoms with Gasteiger partial charge in [-0.25, -0.2) is 0 Å². The summed E-state index contributed by atoms with van der Waals surface area (Å²) in [7, 11) is 1.60. The van der Waals surface area contributed by atoms with E-state index in [1.165, 1.54) is 11.8 Å². The molecule has 1 aromatic carbocycles. The number of hydrogen-bond acceptors (Lipinski definition) is 3. The van der Waals surface area contributed by atoms with Crippen LogP contribution in [-0.2, 0) is 14.4 Å². The minimum absolute atomic E-state index is 0.200. The van der Waals surface area contributed by atoms with Crippen molar-refractivity contribution in [2.75, 3.05) is 24.2 Å². The fourth-order valence-corrected chi connectivity index (χ4v) is 1.73. The highest BCUT2D eigenvalue weighted by molar-refractivity contribution is 6.39. The molecule has 0 aliphatic carbocycles. The molecular formula is C15H21N3O3. The molecule has 0 heterocycles. The van der Waals surface area contributed by atoms with Gasteiger partial charge in [-0.05, 0) is 24.6 Å². The third-order valence-electron chi connectivity index (χ3n) is 2.83. The summed E-state index contributed by atoms with van der Waals surface area (Å²) >= 11 is 0. The summed E-state index contributed by atoms with van der Waals surface area (Å²) in [6.07, 6.45) is 1.81. The van der Waals surface area contributed by atoms with Gasteiger partial charge in [-0.1, -0.05) is 19.4 Å². The molecule has 1 rings (SSSR count). The van der Waals surface area contributed by atoms with Crippen LogP contribution < -0.4 is 10.6 Å². The van der Waals surface area contributed by atoms with E-state index in [9.17, 15) is 14.4 Å². The van der Waals surface area contributed by atoms with Crippen molar-refractivity contribution < 1.29 is 14.4 Å². The largest absolute Gasteiger partial charge is 0.338 e. The summed E-state index contributed by atoms with van der Waals surface area (Å²) in [4.78, 5) is 36.1. The second kappa shape index (κ2) is 8.04. The van der Waals surface area contributed by atoms with Crippen LogP contribution in [0.4, 0.5) is 11.4 Å². The van der Waals surface area contributed by atoms with E-state index in [0.29, 0.717) is 17.9 Å². The zero-order valence-corrected chi connectivity index (χ0v) is 12.6. The third-order valence-corrected chi connectivity index (χ3v) is 2.83. The van der Waals surface area contributed by atoms with Crippen LogP contribution in [0.5, 0.6) is 0 Å². The lowest BCUT2D eigenvalue weighted by Crippen LogP contribution is -2.37. The third kappa shape index (κ3) is 5.64. The van der Waals surface area contributed by atoms with Crippen LogP contribution in [-0.4, -0.2) is 36.2 Å². The zero-order valence-electron chi connectivity index (χ0n) is 12.6. The van der Waals surface area contributed by atoms with Gasteiger partial charge in [0.15, 0.2) is 0 Å². The van der Waals surface area contributed by atoms with E-state index < -0.39 is 11.8 Å². The Kier molecular flexibility index (Phi) is 6.39. The Bertz CT molecular complexity index is 529.